The van der Waals surface area contributed by atoms with Crippen LogP contribution in [0.25, 0.3) is 0 Å². The Bertz CT molecular complexity index is 350. The van der Waals surface area contributed by atoms with E-state index in [9.17, 15) is 0 Å². The van der Waals surface area contributed by atoms with Gasteiger partial charge in [0.2, 0.25) is 0 Å². The maximum absolute atomic E-state index is 8.98. The molecule has 0 bridgehead atoms. The second-order valence-corrected chi connectivity index (χ2v) is 3.10. The molecular formula is C10H8Cl2O. The molecule has 0 atom stereocenters. The molecule has 0 saturated heterocycles. The van der Waals surface area contributed by atoms with Gasteiger partial charge in [0.25, 0.3) is 0 Å². The lowest BCUT2D eigenvalue weighted by atomic mass is 10.1. The fourth-order valence-corrected chi connectivity index (χ4v) is 1.21. The van der Waals surface area contributed by atoms with Crippen LogP contribution in [0.4, 0.5) is 0 Å². The number of halogens is 2. The molecule has 0 amide bonds. The molecule has 0 aromatic heterocycles. The summed E-state index contributed by atoms with van der Waals surface area (Å²) in [6, 6.07) is 5.20. The molecule has 0 saturated carbocycles. The zero-order chi connectivity index (χ0) is 9.68. The summed E-state index contributed by atoms with van der Waals surface area (Å²) in [5.41, 5.74) is 1.50. The Morgan fingerprint density at radius 3 is 2.77 bits per heavy atom. The smallest absolute Gasteiger partial charge is 0.0839 e. The van der Waals surface area contributed by atoms with Gasteiger partial charge in [-0.3, -0.25) is 0 Å². The molecule has 0 unspecified atom stereocenters. The second-order valence-electron chi connectivity index (χ2n) is 2.39. The first kappa shape index (κ1) is 10.4. The van der Waals surface area contributed by atoms with Gasteiger partial charge in [-0.05, 0) is 23.8 Å². The van der Waals surface area contributed by atoms with Crippen molar-refractivity contribution in [2.75, 3.05) is 5.88 Å². The molecule has 68 valence electrons. The highest BCUT2D eigenvalue weighted by atomic mass is 35.5. The van der Waals surface area contributed by atoms with Crippen molar-refractivity contribution in [3.8, 4) is 11.8 Å². The first-order valence-electron chi connectivity index (χ1n) is 3.72. The Hall–Kier alpha value is -0.680. The van der Waals surface area contributed by atoms with Crippen molar-refractivity contribution in [3.63, 3.8) is 0 Å². The predicted molar refractivity (Wildman–Crippen MR) is 55.0 cm³/mol. The van der Waals surface area contributed by atoms with Crippen LogP contribution in [0.2, 0.25) is 5.02 Å². The Morgan fingerprint density at radius 2 is 2.15 bits per heavy atom. The van der Waals surface area contributed by atoms with Crippen molar-refractivity contribution in [2.45, 2.75) is 6.61 Å². The average molecular weight is 215 g/mol. The summed E-state index contributed by atoms with van der Waals surface area (Å²) < 4.78 is 0. The van der Waals surface area contributed by atoms with E-state index in [0.717, 1.165) is 11.1 Å². The van der Waals surface area contributed by atoms with Crippen molar-refractivity contribution < 1.29 is 5.11 Å². The van der Waals surface area contributed by atoms with Crippen LogP contribution in [0.15, 0.2) is 18.2 Å². The molecule has 0 aliphatic rings. The van der Waals surface area contributed by atoms with Gasteiger partial charge in [0.15, 0.2) is 0 Å². The van der Waals surface area contributed by atoms with E-state index in [1.54, 1.807) is 18.2 Å². The molecular weight excluding hydrogens is 207 g/mol. The molecule has 0 fully saturated rings. The van der Waals surface area contributed by atoms with Crippen molar-refractivity contribution in [1.82, 2.24) is 0 Å². The van der Waals surface area contributed by atoms with Crippen molar-refractivity contribution in [3.05, 3.63) is 34.3 Å². The van der Waals surface area contributed by atoms with Crippen molar-refractivity contribution in [1.29, 1.82) is 0 Å². The topological polar surface area (TPSA) is 20.2 Å². The number of hydrogen-bond donors (Lipinski definition) is 1. The minimum atomic E-state index is -0.0626. The van der Waals surface area contributed by atoms with Gasteiger partial charge >= 0.3 is 0 Å². The largest absolute Gasteiger partial charge is 0.392 e. The van der Waals surface area contributed by atoms with E-state index >= 15 is 0 Å². The predicted octanol–water partition coefficient (Wildman–Crippen LogP) is 2.42. The first-order valence-corrected chi connectivity index (χ1v) is 4.63. The standard InChI is InChI=1S/C10H8Cl2O/c11-5-1-2-8-3-4-10(12)6-9(8)7-13/h3-4,6,13H,5,7H2. The van der Waals surface area contributed by atoms with Crippen molar-refractivity contribution in [2.24, 2.45) is 0 Å². The van der Waals surface area contributed by atoms with E-state index < -0.39 is 0 Å². The summed E-state index contributed by atoms with van der Waals surface area (Å²) in [4.78, 5) is 0. The molecule has 1 rings (SSSR count). The minimum absolute atomic E-state index is 0.0626. The molecule has 0 aliphatic heterocycles. The molecule has 1 N–H and O–H groups in total. The number of alkyl halides is 1. The SMILES string of the molecule is OCc1cc(Cl)ccc1C#CCCl. The highest BCUT2D eigenvalue weighted by Crippen LogP contribution is 2.15. The molecule has 0 radical (unpaired) electrons. The van der Waals surface area contributed by atoms with Crippen LogP contribution in [-0.2, 0) is 6.61 Å². The lowest BCUT2D eigenvalue weighted by molar-refractivity contribution is 0.281. The summed E-state index contributed by atoms with van der Waals surface area (Å²) in [5.74, 6) is 5.85. The average Bonchev–Trinajstić information content (AvgIpc) is 2.16. The normalized spacial score (nSPS) is 9.15. The Kier molecular flexibility index (Phi) is 4.11. The molecule has 13 heavy (non-hydrogen) atoms. The summed E-state index contributed by atoms with van der Waals surface area (Å²) in [5, 5.41) is 9.58. The zero-order valence-electron chi connectivity index (χ0n) is 6.85. The van der Waals surface area contributed by atoms with Crippen LogP contribution in [0.5, 0.6) is 0 Å². The molecule has 1 aromatic carbocycles. The maximum atomic E-state index is 8.98. The summed E-state index contributed by atoms with van der Waals surface area (Å²) in [6.07, 6.45) is 0. The van der Waals surface area contributed by atoms with Crippen LogP contribution < -0.4 is 0 Å². The van der Waals surface area contributed by atoms with E-state index in [1.165, 1.54) is 0 Å². The highest BCUT2D eigenvalue weighted by molar-refractivity contribution is 6.30. The van der Waals surface area contributed by atoms with Crippen LogP contribution in [0.3, 0.4) is 0 Å². The minimum Gasteiger partial charge on any atom is -0.392 e. The molecule has 1 aromatic rings. The molecule has 0 aliphatic carbocycles. The van der Waals surface area contributed by atoms with E-state index in [1.807, 2.05) is 0 Å². The fourth-order valence-electron chi connectivity index (χ4n) is 0.944. The molecule has 1 nitrogen and oxygen atoms in total. The van der Waals surface area contributed by atoms with E-state index in [-0.39, 0.29) is 12.5 Å². The number of hydrogen-bond acceptors (Lipinski definition) is 1. The number of rotatable bonds is 1. The van der Waals surface area contributed by atoms with Crippen LogP contribution in [0, 0.1) is 11.8 Å². The van der Waals surface area contributed by atoms with E-state index in [2.05, 4.69) is 11.8 Å². The van der Waals surface area contributed by atoms with Gasteiger partial charge in [-0.15, -0.1) is 11.6 Å². The lowest BCUT2D eigenvalue weighted by Gasteiger charge is -2.00. The monoisotopic (exact) mass is 214 g/mol. The summed E-state index contributed by atoms with van der Waals surface area (Å²) in [6.45, 7) is -0.0626. The third kappa shape index (κ3) is 2.93. The van der Waals surface area contributed by atoms with E-state index in [4.69, 9.17) is 28.3 Å². The van der Waals surface area contributed by atoms with E-state index in [0.29, 0.717) is 5.02 Å². The Morgan fingerprint density at radius 1 is 1.38 bits per heavy atom. The third-order valence-electron chi connectivity index (χ3n) is 1.53. The summed E-state index contributed by atoms with van der Waals surface area (Å²) in [7, 11) is 0. The first-order chi connectivity index (χ1) is 6.27. The molecule has 0 heterocycles. The van der Waals surface area contributed by atoms with Gasteiger partial charge in [-0.1, -0.05) is 23.4 Å². The van der Waals surface area contributed by atoms with Gasteiger partial charge < -0.3 is 5.11 Å². The molecule has 3 heteroatoms. The van der Waals surface area contributed by atoms with Crippen LogP contribution in [-0.4, -0.2) is 11.0 Å². The number of aliphatic hydroxyl groups is 1. The summed E-state index contributed by atoms with van der Waals surface area (Å²) >= 11 is 11.2. The quantitative estimate of drug-likeness (QED) is 0.563. The zero-order valence-corrected chi connectivity index (χ0v) is 8.36. The number of benzene rings is 1. The van der Waals surface area contributed by atoms with Crippen LogP contribution >= 0.6 is 23.2 Å². The number of aliphatic hydroxyl groups excluding tert-OH is 1. The fraction of sp³-hybridized carbons (Fsp3) is 0.200. The third-order valence-corrected chi connectivity index (χ3v) is 1.90. The second kappa shape index (κ2) is 5.14. The Labute approximate surface area is 87.3 Å². The Balaban J connectivity index is 3.06. The lowest BCUT2D eigenvalue weighted by Crippen LogP contribution is -1.88. The van der Waals surface area contributed by atoms with Gasteiger partial charge in [0.05, 0.1) is 12.5 Å². The maximum Gasteiger partial charge on any atom is 0.0839 e. The van der Waals surface area contributed by atoms with Gasteiger partial charge in [0, 0.05) is 10.6 Å². The van der Waals surface area contributed by atoms with Crippen LogP contribution in [0.1, 0.15) is 11.1 Å². The molecule has 0 spiro atoms. The van der Waals surface area contributed by atoms with Gasteiger partial charge in [-0.2, -0.15) is 0 Å². The van der Waals surface area contributed by atoms with Crippen molar-refractivity contribution >= 4 is 23.2 Å². The highest BCUT2D eigenvalue weighted by Gasteiger charge is 1.98. The van der Waals surface area contributed by atoms with Gasteiger partial charge in [0.1, 0.15) is 0 Å². The van der Waals surface area contributed by atoms with Gasteiger partial charge in [-0.25, -0.2) is 0 Å².